The van der Waals surface area contributed by atoms with Crippen molar-refractivity contribution in [2.24, 2.45) is 11.8 Å². The fraction of sp³-hybridized carbons (Fsp3) is 0.211. The fourth-order valence-corrected chi connectivity index (χ4v) is 3.10. The van der Waals surface area contributed by atoms with Gasteiger partial charge in [-0.25, -0.2) is 9.18 Å². The molecular formula is C19H15FO4. The van der Waals surface area contributed by atoms with Crippen LogP contribution in [0.25, 0.3) is 0 Å². The van der Waals surface area contributed by atoms with Crippen molar-refractivity contribution in [3.05, 3.63) is 71.5 Å². The average Bonchev–Trinajstić information content (AvgIpc) is 3.36. The summed E-state index contributed by atoms with van der Waals surface area (Å²) in [6.07, 6.45) is 0. The molecule has 1 fully saturated rings. The fourth-order valence-electron chi connectivity index (χ4n) is 3.10. The van der Waals surface area contributed by atoms with Crippen molar-refractivity contribution >= 4 is 17.5 Å². The molecule has 0 heterocycles. The van der Waals surface area contributed by atoms with E-state index in [2.05, 4.69) is 4.74 Å². The zero-order valence-electron chi connectivity index (χ0n) is 12.9. The number of carbonyl (C=O) groups is 3. The second-order valence-corrected chi connectivity index (χ2v) is 5.72. The standard InChI is InChI=1S/C19H15FO4/c1-24-19(23)18(22)16-14(11-5-3-2-4-6-11)15(16)17(21)12-7-9-13(20)10-8-12/h2-10,14-16H,1H3/t14-,15-,16+/m1/s1. The normalized spacial score (nSPS) is 21.8. The average molecular weight is 326 g/mol. The maximum absolute atomic E-state index is 13.0. The van der Waals surface area contributed by atoms with Gasteiger partial charge in [-0.3, -0.25) is 9.59 Å². The summed E-state index contributed by atoms with van der Waals surface area (Å²) >= 11 is 0. The summed E-state index contributed by atoms with van der Waals surface area (Å²) < 4.78 is 17.5. The van der Waals surface area contributed by atoms with Gasteiger partial charge in [-0.15, -0.1) is 0 Å². The summed E-state index contributed by atoms with van der Waals surface area (Å²) in [7, 11) is 1.14. The Bertz CT molecular complexity index is 783. The zero-order valence-corrected chi connectivity index (χ0v) is 12.9. The first-order valence-corrected chi connectivity index (χ1v) is 7.51. The highest BCUT2D eigenvalue weighted by Crippen LogP contribution is 2.56. The summed E-state index contributed by atoms with van der Waals surface area (Å²) in [5.41, 5.74) is 1.14. The van der Waals surface area contributed by atoms with Crippen molar-refractivity contribution in [3.63, 3.8) is 0 Å². The first-order chi connectivity index (χ1) is 11.5. The molecule has 0 amide bonds. The molecule has 1 aliphatic carbocycles. The molecule has 0 N–H and O–H groups in total. The molecule has 0 spiro atoms. The molecule has 3 atom stereocenters. The first kappa shape index (κ1) is 16.1. The van der Waals surface area contributed by atoms with Crippen LogP contribution in [-0.4, -0.2) is 24.6 Å². The van der Waals surface area contributed by atoms with Crippen LogP contribution in [0.4, 0.5) is 4.39 Å². The molecule has 0 aromatic heterocycles. The zero-order chi connectivity index (χ0) is 17.3. The third-order valence-electron chi connectivity index (χ3n) is 4.33. The molecule has 1 aliphatic rings. The number of hydrogen-bond donors (Lipinski definition) is 0. The van der Waals surface area contributed by atoms with E-state index in [0.29, 0.717) is 5.56 Å². The second-order valence-electron chi connectivity index (χ2n) is 5.72. The highest BCUT2D eigenvalue weighted by Gasteiger charge is 2.60. The Morgan fingerprint density at radius 3 is 2.12 bits per heavy atom. The van der Waals surface area contributed by atoms with E-state index in [0.717, 1.165) is 12.7 Å². The Morgan fingerprint density at radius 1 is 0.917 bits per heavy atom. The van der Waals surface area contributed by atoms with Crippen LogP contribution < -0.4 is 0 Å². The lowest BCUT2D eigenvalue weighted by Gasteiger charge is -2.01. The SMILES string of the molecule is COC(=O)C(=O)[C@@H]1[C@H](C(=O)c2ccc(F)cc2)[C@H]1c1ccccc1. The van der Waals surface area contributed by atoms with E-state index in [1.807, 2.05) is 30.3 Å². The van der Waals surface area contributed by atoms with Crippen molar-refractivity contribution in [1.29, 1.82) is 0 Å². The minimum Gasteiger partial charge on any atom is -0.463 e. The maximum Gasteiger partial charge on any atom is 0.374 e. The van der Waals surface area contributed by atoms with Gasteiger partial charge in [0.1, 0.15) is 5.82 Å². The van der Waals surface area contributed by atoms with Gasteiger partial charge < -0.3 is 4.74 Å². The van der Waals surface area contributed by atoms with Crippen LogP contribution in [0.5, 0.6) is 0 Å². The highest BCUT2D eigenvalue weighted by atomic mass is 19.1. The van der Waals surface area contributed by atoms with E-state index in [9.17, 15) is 18.8 Å². The maximum atomic E-state index is 13.0. The van der Waals surface area contributed by atoms with Crippen LogP contribution in [0.1, 0.15) is 21.8 Å². The van der Waals surface area contributed by atoms with Crippen molar-refractivity contribution in [2.75, 3.05) is 7.11 Å². The number of hydrogen-bond acceptors (Lipinski definition) is 4. The number of esters is 1. The minimum atomic E-state index is -0.949. The molecule has 0 unspecified atom stereocenters. The van der Waals surface area contributed by atoms with Crippen molar-refractivity contribution < 1.29 is 23.5 Å². The predicted molar refractivity (Wildman–Crippen MR) is 83.9 cm³/mol. The van der Waals surface area contributed by atoms with E-state index < -0.39 is 29.4 Å². The van der Waals surface area contributed by atoms with Crippen LogP contribution in [0.3, 0.4) is 0 Å². The van der Waals surface area contributed by atoms with Gasteiger partial charge in [-0.1, -0.05) is 30.3 Å². The van der Waals surface area contributed by atoms with Gasteiger partial charge in [0.25, 0.3) is 0 Å². The summed E-state index contributed by atoms with van der Waals surface area (Å²) in [6, 6.07) is 14.3. The van der Waals surface area contributed by atoms with Crippen LogP contribution in [-0.2, 0) is 14.3 Å². The van der Waals surface area contributed by atoms with Crippen LogP contribution >= 0.6 is 0 Å². The third kappa shape index (κ3) is 2.85. The second kappa shape index (κ2) is 6.35. The molecular weight excluding hydrogens is 311 g/mol. The smallest absolute Gasteiger partial charge is 0.374 e. The molecule has 0 radical (unpaired) electrons. The van der Waals surface area contributed by atoms with Gasteiger partial charge in [-0.05, 0) is 29.8 Å². The Labute approximate surface area is 138 Å². The van der Waals surface area contributed by atoms with Crippen molar-refractivity contribution in [1.82, 2.24) is 0 Å². The van der Waals surface area contributed by atoms with Crippen LogP contribution in [0.2, 0.25) is 0 Å². The van der Waals surface area contributed by atoms with Gasteiger partial charge >= 0.3 is 5.97 Å². The Balaban J connectivity index is 1.91. The molecule has 5 heteroatoms. The van der Waals surface area contributed by atoms with E-state index in [1.54, 1.807) is 0 Å². The number of ether oxygens (including phenoxy) is 1. The van der Waals surface area contributed by atoms with E-state index >= 15 is 0 Å². The lowest BCUT2D eigenvalue weighted by molar-refractivity contribution is -0.152. The monoisotopic (exact) mass is 326 g/mol. The Morgan fingerprint density at radius 2 is 1.54 bits per heavy atom. The molecule has 0 aliphatic heterocycles. The topological polar surface area (TPSA) is 60.4 Å². The first-order valence-electron chi connectivity index (χ1n) is 7.51. The van der Waals surface area contributed by atoms with Gasteiger partial charge in [0, 0.05) is 23.3 Å². The van der Waals surface area contributed by atoms with Crippen LogP contribution in [0, 0.1) is 17.7 Å². The van der Waals surface area contributed by atoms with E-state index in [1.165, 1.54) is 24.3 Å². The lowest BCUT2D eigenvalue weighted by atomic mass is 10.0. The number of carbonyl (C=O) groups excluding carboxylic acids is 3. The molecule has 24 heavy (non-hydrogen) atoms. The number of rotatable bonds is 5. The summed E-state index contributed by atoms with van der Waals surface area (Å²) in [6.45, 7) is 0. The lowest BCUT2D eigenvalue weighted by Crippen LogP contribution is -2.20. The largest absolute Gasteiger partial charge is 0.463 e. The molecule has 0 saturated heterocycles. The number of benzene rings is 2. The van der Waals surface area contributed by atoms with E-state index in [-0.39, 0.29) is 11.7 Å². The number of Topliss-reactive ketones (excluding diaryl/α,β-unsaturated/α-hetero) is 2. The van der Waals surface area contributed by atoms with Crippen molar-refractivity contribution in [3.8, 4) is 0 Å². The molecule has 2 aromatic rings. The minimum absolute atomic E-state index is 0.272. The molecule has 2 aromatic carbocycles. The van der Waals surface area contributed by atoms with Crippen LogP contribution in [0.15, 0.2) is 54.6 Å². The summed E-state index contributed by atoms with van der Waals surface area (Å²) in [5.74, 6) is -4.10. The highest BCUT2D eigenvalue weighted by molar-refractivity contribution is 6.36. The summed E-state index contributed by atoms with van der Waals surface area (Å²) in [5, 5.41) is 0. The number of ketones is 2. The third-order valence-corrected chi connectivity index (χ3v) is 4.33. The van der Waals surface area contributed by atoms with Gasteiger partial charge in [0.05, 0.1) is 7.11 Å². The van der Waals surface area contributed by atoms with Gasteiger partial charge in [-0.2, -0.15) is 0 Å². The molecule has 1 saturated carbocycles. The van der Waals surface area contributed by atoms with Gasteiger partial charge in [0.15, 0.2) is 5.78 Å². The number of methoxy groups -OCH3 is 1. The molecule has 4 nitrogen and oxygen atoms in total. The van der Waals surface area contributed by atoms with E-state index in [4.69, 9.17) is 0 Å². The number of halogens is 1. The Hall–Kier alpha value is -2.82. The molecule has 0 bridgehead atoms. The predicted octanol–water partition coefficient (Wildman–Crippen LogP) is 2.78. The quantitative estimate of drug-likeness (QED) is 0.481. The molecule has 122 valence electrons. The van der Waals surface area contributed by atoms with Crippen molar-refractivity contribution in [2.45, 2.75) is 5.92 Å². The van der Waals surface area contributed by atoms with Gasteiger partial charge in [0.2, 0.25) is 5.78 Å². The Kier molecular flexibility index (Phi) is 4.25. The summed E-state index contributed by atoms with van der Waals surface area (Å²) in [4.78, 5) is 36.5. The molecule has 3 rings (SSSR count).